The average molecular weight is 327 g/mol. The van der Waals surface area contributed by atoms with Crippen LogP contribution in [0, 0.1) is 16.0 Å². The second-order valence-electron chi connectivity index (χ2n) is 5.69. The Bertz CT molecular complexity index is 609. The Hall–Kier alpha value is -1.51. The summed E-state index contributed by atoms with van der Waals surface area (Å²) >= 11 is 0. The van der Waals surface area contributed by atoms with Crippen LogP contribution in [0.15, 0.2) is 24.3 Å². The van der Waals surface area contributed by atoms with Crippen LogP contribution in [0.2, 0.25) is 0 Å². The van der Waals surface area contributed by atoms with Gasteiger partial charge in [-0.15, -0.1) is 0 Å². The van der Waals surface area contributed by atoms with Gasteiger partial charge in [0.2, 0.25) is 10.0 Å². The smallest absolute Gasteiger partial charge is 0.269 e. The van der Waals surface area contributed by atoms with Gasteiger partial charge in [-0.05, 0) is 24.3 Å². The number of nitro benzene ring substituents is 1. The van der Waals surface area contributed by atoms with Crippen molar-refractivity contribution in [3.8, 4) is 0 Å². The Kier molecular flexibility index (Phi) is 5.49. The van der Waals surface area contributed by atoms with Crippen LogP contribution in [-0.2, 0) is 15.8 Å². The van der Waals surface area contributed by atoms with E-state index in [2.05, 4.69) is 4.72 Å². The highest BCUT2D eigenvalue weighted by atomic mass is 32.2. The van der Waals surface area contributed by atoms with Crippen molar-refractivity contribution in [3.63, 3.8) is 0 Å². The third-order valence-electron chi connectivity index (χ3n) is 4.06. The third-order valence-corrected chi connectivity index (χ3v) is 5.43. The first-order valence-corrected chi connectivity index (χ1v) is 9.00. The molecule has 1 aliphatic rings. The number of nitrogens with two attached hydrogens (primary N) is 1. The number of hydrogen-bond acceptors (Lipinski definition) is 5. The molecule has 0 aromatic heterocycles. The van der Waals surface area contributed by atoms with Gasteiger partial charge in [-0.2, -0.15) is 0 Å². The van der Waals surface area contributed by atoms with Gasteiger partial charge in [-0.1, -0.05) is 25.0 Å². The van der Waals surface area contributed by atoms with E-state index in [4.69, 9.17) is 5.73 Å². The number of sulfonamides is 1. The number of non-ortho nitro benzene ring substituents is 1. The summed E-state index contributed by atoms with van der Waals surface area (Å²) in [7, 11) is -3.52. The van der Waals surface area contributed by atoms with Crippen LogP contribution in [0.3, 0.4) is 0 Å². The standard InChI is InChI=1S/C14H21N3O4S/c15-9-14(12-3-1-2-4-12)16-22(20,21)10-11-5-7-13(8-6-11)17(18)19/h5-8,12,14,16H,1-4,9-10,15H2. The molecule has 3 N–H and O–H groups in total. The predicted molar refractivity (Wildman–Crippen MR) is 83.7 cm³/mol. The average Bonchev–Trinajstić information content (AvgIpc) is 2.99. The predicted octanol–water partition coefficient (Wildman–Crippen LogP) is 1.53. The van der Waals surface area contributed by atoms with E-state index in [0.717, 1.165) is 25.7 Å². The Labute approximate surface area is 130 Å². The van der Waals surface area contributed by atoms with Crippen molar-refractivity contribution in [2.24, 2.45) is 11.7 Å². The van der Waals surface area contributed by atoms with Gasteiger partial charge in [0.1, 0.15) is 0 Å². The number of benzene rings is 1. The Morgan fingerprint density at radius 3 is 2.36 bits per heavy atom. The lowest BCUT2D eigenvalue weighted by Crippen LogP contribution is -2.44. The fourth-order valence-electron chi connectivity index (χ4n) is 2.90. The van der Waals surface area contributed by atoms with Gasteiger partial charge in [-0.25, -0.2) is 13.1 Å². The minimum atomic E-state index is -3.52. The summed E-state index contributed by atoms with van der Waals surface area (Å²) in [6.07, 6.45) is 4.24. The summed E-state index contributed by atoms with van der Waals surface area (Å²) in [5.41, 5.74) is 6.16. The highest BCUT2D eigenvalue weighted by Crippen LogP contribution is 2.28. The lowest BCUT2D eigenvalue weighted by atomic mass is 9.99. The molecule has 0 radical (unpaired) electrons. The number of nitrogens with one attached hydrogen (secondary N) is 1. The normalized spacial score (nSPS) is 17.5. The summed E-state index contributed by atoms with van der Waals surface area (Å²) in [6.45, 7) is 0.282. The SMILES string of the molecule is NCC(NS(=O)(=O)Cc1ccc([N+](=O)[O-])cc1)C1CCCC1. The summed E-state index contributed by atoms with van der Waals surface area (Å²) in [4.78, 5) is 10.1. The maximum atomic E-state index is 12.2. The van der Waals surface area contributed by atoms with Crippen LogP contribution in [0.25, 0.3) is 0 Å². The van der Waals surface area contributed by atoms with E-state index in [1.165, 1.54) is 24.3 Å². The molecule has 0 bridgehead atoms. The highest BCUT2D eigenvalue weighted by Gasteiger charge is 2.27. The van der Waals surface area contributed by atoms with E-state index >= 15 is 0 Å². The zero-order valence-electron chi connectivity index (χ0n) is 12.3. The molecule has 1 aromatic carbocycles. The molecule has 0 spiro atoms. The second kappa shape index (κ2) is 7.17. The van der Waals surface area contributed by atoms with Crippen molar-refractivity contribution in [2.45, 2.75) is 37.5 Å². The molecule has 1 aliphatic carbocycles. The van der Waals surface area contributed by atoms with Crippen LogP contribution in [0.1, 0.15) is 31.2 Å². The number of rotatable bonds is 7. The van der Waals surface area contributed by atoms with Crippen LogP contribution in [0.5, 0.6) is 0 Å². The van der Waals surface area contributed by atoms with Crippen LogP contribution in [0.4, 0.5) is 5.69 Å². The molecular weight excluding hydrogens is 306 g/mol. The molecule has 0 amide bonds. The van der Waals surface area contributed by atoms with Gasteiger partial charge in [0.15, 0.2) is 0 Å². The first-order chi connectivity index (χ1) is 10.4. The van der Waals surface area contributed by atoms with E-state index < -0.39 is 14.9 Å². The molecule has 1 atom stereocenters. The van der Waals surface area contributed by atoms with Gasteiger partial charge in [0.25, 0.3) is 5.69 Å². The van der Waals surface area contributed by atoms with Crippen molar-refractivity contribution in [3.05, 3.63) is 39.9 Å². The van der Waals surface area contributed by atoms with Crippen molar-refractivity contribution in [1.82, 2.24) is 4.72 Å². The summed E-state index contributed by atoms with van der Waals surface area (Å²) in [6, 6.07) is 5.31. The largest absolute Gasteiger partial charge is 0.329 e. The molecule has 0 heterocycles. The molecule has 0 saturated heterocycles. The molecule has 2 rings (SSSR count). The van der Waals surface area contributed by atoms with Crippen molar-refractivity contribution in [2.75, 3.05) is 6.54 Å². The highest BCUT2D eigenvalue weighted by molar-refractivity contribution is 7.88. The fourth-order valence-corrected chi connectivity index (χ4v) is 4.37. The number of nitrogens with zero attached hydrogens (tertiary/aromatic N) is 1. The van der Waals surface area contributed by atoms with Gasteiger partial charge in [0, 0.05) is 24.7 Å². The minimum Gasteiger partial charge on any atom is -0.329 e. The Morgan fingerprint density at radius 2 is 1.86 bits per heavy atom. The quantitative estimate of drug-likeness (QED) is 0.582. The summed E-state index contributed by atoms with van der Waals surface area (Å²) in [5.74, 6) is 0.102. The van der Waals surface area contributed by atoms with Gasteiger partial charge in [0.05, 0.1) is 10.7 Å². The molecule has 1 saturated carbocycles. The zero-order valence-corrected chi connectivity index (χ0v) is 13.1. The van der Waals surface area contributed by atoms with Crippen molar-refractivity contribution < 1.29 is 13.3 Å². The first-order valence-electron chi connectivity index (χ1n) is 7.34. The molecular formula is C14H21N3O4S. The molecule has 22 heavy (non-hydrogen) atoms. The van der Waals surface area contributed by atoms with E-state index in [1.807, 2.05) is 0 Å². The Balaban J connectivity index is 2.01. The van der Waals surface area contributed by atoms with E-state index in [-0.39, 0.29) is 24.0 Å². The van der Waals surface area contributed by atoms with Crippen LogP contribution >= 0.6 is 0 Å². The topological polar surface area (TPSA) is 115 Å². The second-order valence-corrected chi connectivity index (χ2v) is 7.44. The van der Waals surface area contributed by atoms with E-state index in [0.29, 0.717) is 11.5 Å². The molecule has 8 heteroatoms. The summed E-state index contributed by atoms with van der Waals surface area (Å²) in [5, 5.41) is 10.6. The monoisotopic (exact) mass is 327 g/mol. The van der Waals surface area contributed by atoms with Gasteiger partial charge < -0.3 is 5.73 Å². The molecule has 0 aliphatic heterocycles. The van der Waals surface area contributed by atoms with Gasteiger partial charge in [-0.3, -0.25) is 10.1 Å². The van der Waals surface area contributed by atoms with E-state index in [9.17, 15) is 18.5 Å². The molecule has 7 nitrogen and oxygen atoms in total. The number of nitro groups is 1. The van der Waals surface area contributed by atoms with Crippen LogP contribution in [-0.4, -0.2) is 25.9 Å². The number of hydrogen-bond donors (Lipinski definition) is 2. The lowest BCUT2D eigenvalue weighted by Gasteiger charge is -2.23. The van der Waals surface area contributed by atoms with Gasteiger partial charge >= 0.3 is 0 Å². The Morgan fingerprint density at radius 1 is 1.27 bits per heavy atom. The molecule has 1 fully saturated rings. The molecule has 1 aromatic rings. The minimum absolute atomic E-state index is 0.0557. The van der Waals surface area contributed by atoms with Crippen molar-refractivity contribution in [1.29, 1.82) is 0 Å². The fraction of sp³-hybridized carbons (Fsp3) is 0.571. The lowest BCUT2D eigenvalue weighted by molar-refractivity contribution is -0.384. The molecule has 1 unspecified atom stereocenters. The van der Waals surface area contributed by atoms with Crippen LogP contribution < -0.4 is 10.5 Å². The van der Waals surface area contributed by atoms with E-state index in [1.54, 1.807) is 0 Å². The van der Waals surface area contributed by atoms with Crippen molar-refractivity contribution >= 4 is 15.7 Å². The third kappa shape index (κ3) is 4.49. The maximum absolute atomic E-state index is 12.2. The maximum Gasteiger partial charge on any atom is 0.269 e. The zero-order chi connectivity index (χ0) is 16.2. The molecule has 122 valence electrons. The first kappa shape index (κ1) is 16.9. The summed E-state index contributed by atoms with van der Waals surface area (Å²) < 4.78 is 27.2.